The first-order valence-electron chi connectivity index (χ1n) is 3.69. The summed E-state index contributed by atoms with van der Waals surface area (Å²) < 4.78 is 25.4. The van der Waals surface area contributed by atoms with Crippen molar-refractivity contribution in [3.8, 4) is 0 Å². The van der Waals surface area contributed by atoms with Crippen LogP contribution in [0.2, 0.25) is 0 Å². The zero-order valence-electron chi connectivity index (χ0n) is 7.90. The van der Waals surface area contributed by atoms with E-state index in [4.69, 9.17) is 20.4 Å². The Morgan fingerprint density at radius 2 is 2.00 bits per heavy atom. The van der Waals surface area contributed by atoms with Gasteiger partial charge in [-0.25, -0.2) is 4.57 Å². The quantitative estimate of drug-likeness (QED) is 0.179. The maximum absolute atomic E-state index is 10.6. The predicted molar refractivity (Wildman–Crippen MR) is 53.4 cm³/mol. The molecule has 0 radical (unpaired) electrons. The van der Waals surface area contributed by atoms with E-state index in [0.29, 0.717) is 0 Å². The Kier molecular flexibility index (Phi) is 5.44. The van der Waals surface area contributed by atoms with Crippen LogP contribution in [0.3, 0.4) is 0 Å². The van der Waals surface area contributed by atoms with Crippen LogP contribution in [0.4, 0.5) is 0 Å². The highest BCUT2D eigenvalue weighted by molar-refractivity contribution is 7.51. The van der Waals surface area contributed by atoms with Crippen LogP contribution in [0, 0.1) is 0 Å². The molecule has 15 heavy (non-hydrogen) atoms. The molecule has 0 aliphatic rings. The highest BCUT2D eigenvalue weighted by atomic mass is 31.2. The van der Waals surface area contributed by atoms with E-state index in [-0.39, 0.29) is 13.2 Å². The fourth-order valence-corrected chi connectivity index (χ4v) is 1.35. The average molecular weight is 261 g/mol. The third-order valence-electron chi connectivity index (χ3n) is 0.964. The minimum absolute atomic E-state index is 0.0861. The van der Waals surface area contributed by atoms with Gasteiger partial charge in [0, 0.05) is 6.66 Å². The van der Waals surface area contributed by atoms with Crippen molar-refractivity contribution in [2.75, 3.05) is 19.8 Å². The van der Waals surface area contributed by atoms with Crippen LogP contribution in [0.5, 0.6) is 0 Å². The Bertz CT molecular complexity index is 318. The van der Waals surface area contributed by atoms with Gasteiger partial charge < -0.3 is 24.9 Å². The fraction of sp³-hybridized carbons (Fsp3) is 0.750. The van der Waals surface area contributed by atoms with E-state index >= 15 is 0 Å². The van der Waals surface area contributed by atoms with Gasteiger partial charge in [-0.1, -0.05) is 0 Å². The summed E-state index contributed by atoms with van der Waals surface area (Å²) in [6.45, 7) is 0.749. The van der Waals surface area contributed by atoms with E-state index < -0.39 is 21.3 Å². The smallest absolute Gasteiger partial charge is 0.370 e. The molecule has 9 nitrogen and oxygen atoms in total. The summed E-state index contributed by atoms with van der Waals surface area (Å²) in [5.74, 6) is -0.462. The summed E-state index contributed by atoms with van der Waals surface area (Å²) in [5.41, 5.74) is 5.07. The highest BCUT2D eigenvalue weighted by Crippen LogP contribution is 2.35. The molecule has 0 aliphatic heterocycles. The van der Waals surface area contributed by atoms with Crippen LogP contribution in [0.1, 0.15) is 0 Å². The molecule has 0 spiro atoms. The van der Waals surface area contributed by atoms with Gasteiger partial charge in [0.15, 0.2) is 5.96 Å². The maximum atomic E-state index is 10.6. The van der Waals surface area contributed by atoms with Gasteiger partial charge in [-0.3, -0.25) is 14.6 Å². The normalized spacial score (nSPS) is 17.2. The third kappa shape index (κ3) is 11.5. The number of hydrogen-bond acceptors (Lipinski definition) is 4. The summed E-state index contributed by atoms with van der Waals surface area (Å²) in [5, 5.41) is 1.62. The van der Waals surface area contributed by atoms with Crippen molar-refractivity contribution >= 4 is 21.3 Å². The van der Waals surface area contributed by atoms with Crippen LogP contribution in [0.25, 0.3) is 0 Å². The first-order valence-corrected chi connectivity index (χ1v) is 7.32. The van der Waals surface area contributed by atoms with Crippen molar-refractivity contribution in [2.24, 2.45) is 10.7 Å². The molecule has 0 aliphatic carbocycles. The molecule has 0 amide bonds. The van der Waals surface area contributed by atoms with E-state index in [2.05, 4.69) is 9.52 Å². The minimum Gasteiger partial charge on any atom is -0.370 e. The number of aliphatic imine (C=N–C) groups is 1. The van der Waals surface area contributed by atoms with Gasteiger partial charge in [-0.05, 0) is 0 Å². The Morgan fingerprint density at radius 1 is 1.47 bits per heavy atom. The Hall–Kier alpha value is -0.430. The van der Waals surface area contributed by atoms with E-state index in [1.807, 2.05) is 0 Å². The highest BCUT2D eigenvalue weighted by Gasteiger charge is 2.13. The molecule has 0 aromatic rings. The van der Waals surface area contributed by atoms with Crippen molar-refractivity contribution in [1.82, 2.24) is 5.09 Å². The van der Waals surface area contributed by atoms with Crippen LogP contribution < -0.4 is 10.8 Å². The second-order valence-electron chi connectivity index (χ2n) is 2.56. The number of guanidine groups is 1. The van der Waals surface area contributed by atoms with Gasteiger partial charge in [-0.2, -0.15) is 0 Å². The van der Waals surface area contributed by atoms with Gasteiger partial charge in [-0.15, -0.1) is 0 Å². The Morgan fingerprint density at radius 3 is 2.40 bits per heavy atom. The van der Waals surface area contributed by atoms with Gasteiger partial charge in [0.1, 0.15) is 0 Å². The van der Waals surface area contributed by atoms with E-state index in [0.717, 1.165) is 6.66 Å². The Labute approximate surface area is 86.1 Å². The first-order chi connectivity index (χ1) is 6.60. The van der Waals surface area contributed by atoms with Crippen LogP contribution in [-0.2, 0) is 13.7 Å². The van der Waals surface area contributed by atoms with E-state index in [1.165, 1.54) is 0 Å². The zero-order valence-corrected chi connectivity index (χ0v) is 9.69. The SMILES string of the molecule is CP(=O)(O)OCCN=C(N)NP(=O)(O)O. The molecule has 0 heterocycles. The lowest BCUT2D eigenvalue weighted by Gasteiger charge is -2.07. The van der Waals surface area contributed by atoms with Crippen molar-refractivity contribution in [2.45, 2.75) is 0 Å². The van der Waals surface area contributed by atoms with Gasteiger partial charge in [0.05, 0.1) is 13.2 Å². The summed E-state index contributed by atoms with van der Waals surface area (Å²) in [7, 11) is -8.00. The molecule has 6 N–H and O–H groups in total. The van der Waals surface area contributed by atoms with Crippen molar-refractivity contribution in [3.63, 3.8) is 0 Å². The number of rotatable bonds is 5. The second-order valence-corrected chi connectivity index (χ2v) is 5.73. The molecule has 0 rings (SSSR count). The van der Waals surface area contributed by atoms with Crippen molar-refractivity contribution in [3.05, 3.63) is 0 Å². The van der Waals surface area contributed by atoms with E-state index in [9.17, 15) is 9.13 Å². The number of nitrogens with two attached hydrogens (primary N) is 1. The number of hydrogen-bond donors (Lipinski definition) is 5. The molecule has 1 atom stereocenters. The van der Waals surface area contributed by atoms with Gasteiger partial charge >= 0.3 is 15.3 Å². The monoisotopic (exact) mass is 261 g/mol. The lowest BCUT2D eigenvalue weighted by molar-refractivity contribution is 0.272. The summed E-state index contributed by atoms with van der Waals surface area (Å²) in [6.07, 6.45) is 0. The first kappa shape index (κ1) is 14.6. The molecule has 0 aromatic carbocycles. The van der Waals surface area contributed by atoms with Gasteiger partial charge in [0.25, 0.3) is 0 Å². The second kappa shape index (κ2) is 5.60. The maximum Gasteiger partial charge on any atom is 0.429 e. The zero-order chi connectivity index (χ0) is 12.1. The molecular formula is C4H13N3O6P2. The largest absolute Gasteiger partial charge is 0.429 e. The van der Waals surface area contributed by atoms with Crippen molar-refractivity contribution < 1.29 is 28.3 Å². The summed E-state index contributed by atoms with van der Waals surface area (Å²) >= 11 is 0. The lowest BCUT2D eigenvalue weighted by Crippen LogP contribution is -2.29. The molecule has 1 unspecified atom stereocenters. The summed E-state index contributed by atoms with van der Waals surface area (Å²) in [6, 6.07) is 0. The standard InChI is InChI=1S/C4H13N3O6P2/c1-14(8,9)13-3-2-6-4(5)7-15(10,11)12/h2-3H2,1H3,(H,8,9)(H5,5,6,7,10,11,12). The van der Waals surface area contributed by atoms with Crippen LogP contribution in [-0.4, -0.2) is 40.5 Å². The number of nitrogens with zero attached hydrogens (tertiary/aromatic N) is 1. The topological polar surface area (TPSA) is 154 Å². The van der Waals surface area contributed by atoms with Crippen molar-refractivity contribution in [1.29, 1.82) is 0 Å². The molecule has 90 valence electrons. The van der Waals surface area contributed by atoms with Crippen LogP contribution in [0.15, 0.2) is 4.99 Å². The van der Waals surface area contributed by atoms with Gasteiger partial charge in [0.2, 0.25) is 0 Å². The van der Waals surface area contributed by atoms with Crippen LogP contribution >= 0.6 is 15.3 Å². The number of nitrogens with one attached hydrogen (secondary N) is 1. The molecule has 0 saturated heterocycles. The fourth-order valence-electron chi connectivity index (χ4n) is 0.561. The predicted octanol–water partition coefficient (Wildman–Crippen LogP) is -1.18. The lowest BCUT2D eigenvalue weighted by atomic mass is 10.7. The molecule has 0 saturated carbocycles. The molecule has 0 bridgehead atoms. The average Bonchev–Trinajstić information content (AvgIpc) is 1.92. The summed E-state index contributed by atoms with van der Waals surface area (Å²) in [4.78, 5) is 28.9. The molecule has 0 fully saturated rings. The Balaban J connectivity index is 3.88. The molecule has 11 heteroatoms. The minimum atomic E-state index is -4.45. The molecule has 0 aromatic heterocycles. The molecular weight excluding hydrogens is 248 g/mol. The third-order valence-corrected chi connectivity index (χ3v) is 2.15. The van der Waals surface area contributed by atoms with E-state index in [1.54, 1.807) is 5.09 Å².